The second-order valence-corrected chi connectivity index (χ2v) is 6.38. The monoisotopic (exact) mass is 330 g/mol. The quantitative estimate of drug-likeness (QED) is 0.814. The maximum absolute atomic E-state index is 12.2. The van der Waals surface area contributed by atoms with E-state index < -0.39 is 0 Å². The molecular formula is C19H23ClN2O. The average molecular weight is 331 g/mol. The number of halogens is 1. The van der Waals surface area contributed by atoms with Crippen molar-refractivity contribution in [3.05, 3.63) is 64.7 Å². The molecule has 0 saturated heterocycles. The van der Waals surface area contributed by atoms with Gasteiger partial charge >= 0.3 is 0 Å². The Balaban J connectivity index is 1.98. The van der Waals surface area contributed by atoms with Gasteiger partial charge in [-0.3, -0.25) is 4.79 Å². The number of nitrogens with one attached hydrogen (secondary N) is 2. The first-order chi connectivity index (χ1) is 11.0. The van der Waals surface area contributed by atoms with E-state index >= 15 is 0 Å². The molecule has 0 unspecified atom stereocenters. The number of carbonyl (C=O) groups excluding carboxylic acids is 1. The smallest absolute Gasteiger partial charge is 0.238 e. The molecule has 23 heavy (non-hydrogen) atoms. The van der Waals surface area contributed by atoms with E-state index in [0.29, 0.717) is 10.9 Å². The van der Waals surface area contributed by atoms with Gasteiger partial charge < -0.3 is 10.6 Å². The molecule has 0 aromatic heterocycles. The molecule has 0 fully saturated rings. The maximum atomic E-state index is 12.2. The molecule has 0 spiro atoms. The molecule has 1 amide bonds. The molecular weight excluding hydrogens is 308 g/mol. The van der Waals surface area contributed by atoms with E-state index in [0.717, 1.165) is 11.3 Å². The minimum absolute atomic E-state index is 0.0723. The van der Waals surface area contributed by atoms with Crippen LogP contribution in [0.25, 0.3) is 0 Å². The van der Waals surface area contributed by atoms with Gasteiger partial charge in [-0.25, -0.2) is 0 Å². The minimum Gasteiger partial charge on any atom is -0.325 e. The summed E-state index contributed by atoms with van der Waals surface area (Å²) in [7, 11) is 0. The molecule has 3 nitrogen and oxygen atoms in total. The molecule has 0 radical (unpaired) electrons. The number of anilines is 1. The Kier molecular flexibility index (Phi) is 6.20. The van der Waals surface area contributed by atoms with Gasteiger partial charge in [0.2, 0.25) is 5.91 Å². The lowest BCUT2D eigenvalue weighted by molar-refractivity contribution is -0.115. The van der Waals surface area contributed by atoms with Crippen LogP contribution in [0.3, 0.4) is 0 Å². The van der Waals surface area contributed by atoms with Crippen molar-refractivity contribution < 1.29 is 4.79 Å². The summed E-state index contributed by atoms with van der Waals surface area (Å²) in [4.78, 5) is 12.2. The Labute approximate surface area is 143 Å². The van der Waals surface area contributed by atoms with Crippen molar-refractivity contribution in [2.75, 3.05) is 11.9 Å². The third kappa shape index (κ3) is 4.81. The molecule has 1 atom stereocenters. The summed E-state index contributed by atoms with van der Waals surface area (Å²) in [5.74, 6) is 0.315. The number of amides is 1. The van der Waals surface area contributed by atoms with E-state index in [9.17, 15) is 4.79 Å². The SMILES string of the molecule is Cc1c(Cl)cccc1NC(=O)CN[C@@H](c1ccccc1)C(C)C. The predicted molar refractivity (Wildman–Crippen MR) is 96.8 cm³/mol. The van der Waals surface area contributed by atoms with Gasteiger partial charge in [-0.1, -0.05) is 61.8 Å². The van der Waals surface area contributed by atoms with Gasteiger partial charge in [-0.05, 0) is 36.1 Å². The van der Waals surface area contributed by atoms with Crippen LogP contribution in [0.4, 0.5) is 5.69 Å². The standard InChI is InChI=1S/C19H23ClN2O/c1-13(2)19(15-8-5-4-6-9-15)21-12-18(23)22-17-11-7-10-16(20)14(17)3/h4-11,13,19,21H,12H2,1-3H3,(H,22,23)/t19-/m1/s1. The molecule has 0 heterocycles. The Hall–Kier alpha value is -1.84. The van der Waals surface area contributed by atoms with E-state index in [4.69, 9.17) is 11.6 Å². The normalized spacial score (nSPS) is 12.2. The molecule has 122 valence electrons. The highest BCUT2D eigenvalue weighted by Gasteiger charge is 2.16. The summed E-state index contributed by atoms with van der Waals surface area (Å²) in [5.41, 5.74) is 2.82. The second-order valence-electron chi connectivity index (χ2n) is 5.97. The van der Waals surface area contributed by atoms with Crippen LogP contribution in [0.5, 0.6) is 0 Å². The lowest BCUT2D eigenvalue weighted by atomic mass is 9.96. The molecule has 2 aromatic carbocycles. The highest BCUT2D eigenvalue weighted by atomic mass is 35.5. The summed E-state index contributed by atoms with van der Waals surface area (Å²) in [5, 5.41) is 6.91. The Morgan fingerprint density at radius 1 is 1.09 bits per heavy atom. The lowest BCUT2D eigenvalue weighted by Crippen LogP contribution is -2.33. The first kappa shape index (κ1) is 17.5. The van der Waals surface area contributed by atoms with Crippen molar-refractivity contribution in [2.24, 2.45) is 5.92 Å². The van der Waals surface area contributed by atoms with E-state index in [-0.39, 0.29) is 18.5 Å². The van der Waals surface area contributed by atoms with Gasteiger partial charge in [-0.2, -0.15) is 0 Å². The third-order valence-corrected chi connectivity index (χ3v) is 4.26. The molecule has 0 aliphatic carbocycles. The van der Waals surface area contributed by atoms with Crippen molar-refractivity contribution in [1.82, 2.24) is 5.32 Å². The molecule has 0 aliphatic heterocycles. The van der Waals surface area contributed by atoms with E-state index in [1.165, 1.54) is 5.56 Å². The highest BCUT2D eigenvalue weighted by molar-refractivity contribution is 6.31. The molecule has 0 bridgehead atoms. The summed E-state index contributed by atoms with van der Waals surface area (Å²) in [6, 6.07) is 15.8. The van der Waals surface area contributed by atoms with Gasteiger partial charge in [0, 0.05) is 16.8 Å². The van der Waals surface area contributed by atoms with Gasteiger partial charge in [0.05, 0.1) is 6.54 Å². The van der Waals surface area contributed by atoms with Gasteiger partial charge in [0.1, 0.15) is 0 Å². The van der Waals surface area contributed by atoms with Crippen molar-refractivity contribution in [3.63, 3.8) is 0 Å². The van der Waals surface area contributed by atoms with Crippen LogP contribution < -0.4 is 10.6 Å². The van der Waals surface area contributed by atoms with Gasteiger partial charge in [0.15, 0.2) is 0 Å². The minimum atomic E-state index is -0.0723. The summed E-state index contributed by atoms with van der Waals surface area (Å²) < 4.78 is 0. The first-order valence-electron chi connectivity index (χ1n) is 7.82. The first-order valence-corrected chi connectivity index (χ1v) is 8.20. The maximum Gasteiger partial charge on any atom is 0.238 e. The second kappa shape index (κ2) is 8.14. The average Bonchev–Trinajstić information content (AvgIpc) is 2.53. The number of rotatable bonds is 6. The molecule has 0 aliphatic rings. The molecule has 0 saturated carbocycles. The largest absolute Gasteiger partial charge is 0.325 e. The van der Waals surface area contributed by atoms with Gasteiger partial charge in [0.25, 0.3) is 0 Å². The van der Waals surface area contributed by atoms with Crippen molar-refractivity contribution in [1.29, 1.82) is 0 Å². The van der Waals surface area contributed by atoms with E-state index in [1.807, 2.05) is 43.3 Å². The summed E-state index contributed by atoms with van der Waals surface area (Å²) in [6.45, 7) is 6.43. The van der Waals surface area contributed by atoms with Crippen LogP contribution in [-0.4, -0.2) is 12.5 Å². The number of benzene rings is 2. The van der Waals surface area contributed by atoms with Crippen LogP contribution in [0.15, 0.2) is 48.5 Å². The predicted octanol–water partition coefficient (Wildman–Crippen LogP) is 4.57. The topological polar surface area (TPSA) is 41.1 Å². The lowest BCUT2D eigenvalue weighted by Gasteiger charge is -2.23. The van der Waals surface area contributed by atoms with Crippen molar-refractivity contribution in [2.45, 2.75) is 26.8 Å². The summed E-state index contributed by atoms with van der Waals surface area (Å²) >= 11 is 6.08. The van der Waals surface area contributed by atoms with Crippen molar-refractivity contribution >= 4 is 23.2 Å². The number of hydrogen-bond donors (Lipinski definition) is 2. The number of hydrogen-bond acceptors (Lipinski definition) is 2. The van der Waals surface area contributed by atoms with E-state index in [1.54, 1.807) is 0 Å². The van der Waals surface area contributed by atoms with Crippen LogP contribution in [0, 0.1) is 12.8 Å². The number of carbonyl (C=O) groups is 1. The highest BCUT2D eigenvalue weighted by Crippen LogP contribution is 2.23. The zero-order chi connectivity index (χ0) is 16.8. The summed E-state index contributed by atoms with van der Waals surface area (Å²) in [6.07, 6.45) is 0. The molecule has 2 aromatic rings. The van der Waals surface area contributed by atoms with Crippen molar-refractivity contribution in [3.8, 4) is 0 Å². The zero-order valence-corrected chi connectivity index (χ0v) is 14.5. The van der Waals surface area contributed by atoms with Gasteiger partial charge in [-0.15, -0.1) is 0 Å². The van der Waals surface area contributed by atoms with Crippen LogP contribution in [0.2, 0.25) is 5.02 Å². The zero-order valence-electron chi connectivity index (χ0n) is 13.8. The Morgan fingerprint density at radius 3 is 2.43 bits per heavy atom. The third-order valence-electron chi connectivity index (χ3n) is 3.85. The fourth-order valence-corrected chi connectivity index (χ4v) is 2.71. The molecule has 2 N–H and O–H groups in total. The fourth-order valence-electron chi connectivity index (χ4n) is 2.54. The molecule has 2 rings (SSSR count). The Morgan fingerprint density at radius 2 is 1.78 bits per heavy atom. The van der Waals surface area contributed by atoms with E-state index in [2.05, 4.69) is 36.6 Å². The van der Waals surface area contributed by atoms with Crippen LogP contribution in [-0.2, 0) is 4.79 Å². The molecule has 4 heteroatoms. The van der Waals surface area contributed by atoms with Crippen LogP contribution >= 0.6 is 11.6 Å². The Bertz CT molecular complexity index is 656. The fraction of sp³-hybridized carbons (Fsp3) is 0.316. The van der Waals surface area contributed by atoms with Crippen LogP contribution in [0.1, 0.15) is 31.0 Å².